The zero-order valence-corrected chi connectivity index (χ0v) is 29.8. The van der Waals surface area contributed by atoms with E-state index in [0.717, 1.165) is 30.8 Å². The van der Waals surface area contributed by atoms with Gasteiger partial charge in [0.05, 0.1) is 33.2 Å². The number of nitrogens with one attached hydrogen (secondary N) is 1. The van der Waals surface area contributed by atoms with E-state index in [4.69, 9.17) is 19.2 Å². The number of hydrogen-bond donors (Lipinski definition) is 1. The third-order valence-electron chi connectivity index (χ3n) is 9.60. The normalized spacial score (nSPS) is 17.3. The molecule has 2 bridgehead atoms. The Bertz CT molecular complexity index is 1840. The first kappa shape index (κ1) is 35.5. The number of carbonyl (C=O) groups excluding carboxylic acids is 3. The van der Waals surface area contributed by atoms with Gasteiger partial charge < -0.3 is 38.8 Å². The molecule has 15 heteroatoms. The average Bonchev–Trinajstić information content (AvgIpc) is 3.83. The zero-order valence-electron chi connectivity index (χ0n) is 29.8. The van der Waals surface area contributed by atoms with Crippen LogP contribution in [-0.2, 0) is 29.7 Å². The van der Waals surface area contributed by atoms with Crippen LogP contribution in [0.25, 0.3) is 10.9 Å². The number of pyridine rings is 1. The number of ether oxygens (including phenoxy) is 3. The molecule has 3 amide bonds. The van der Waals surface area contributed by atoms with Crippen LogP contribution in [0, 0.1) is 5.92 Å². The van der Waals surface area contributed by atoms with E-state index in [1.165, 1.54) is 0 Å². The summed E-state index contributed by atoms with van der Waals surface area (Å²) in [6, 6.07) is 5.70. The minimum Gasteiger partial charge on any atom is -0.493 e. The first-order valence-corrected chi connectivity index (χ1v) is 17.4. The molecule has 1 fully saturated rings. The first-order chi connectivity index (χ1) is 24.8. The lowest BCUT2D eigenvalue weighted by atomic mass is 9.97. The van der Waals surface area contributed by atoms with E-state index in [0.29, 0.717) is 59.9 Å². The fourth-order valence-corrected chi connectivity index (χ4v) is 6.95. The van der Waals surface area contributed by atoms with Crippen LogP contribution in [0.3, 0.4) is 0 Å². The SMILES string of the molecule is COc1cc2nc3c(cc2c(OC)c1OC)CN(C(=O)c1cn(C)cn1)CCN(C(=O)CCCn1cccn1)CCC(=O)NCC1CCCN3C1. The Morgan fingerprint density at radius 1 is 1.02 bits per heavy atom. The maximum absolute atomic E-state index is 14.2. The number of methoxy groups -OCH3 is 3. The summed E-state index contributed by atoms with van der Waals surface area (Å²) < 4.78 is 20.7. The van der Waals surface area contributed by atoms with Crippen LogP contribution in [0.15, 0.2) is 43.1 Å². The summed E-state index contributed by atoms with van der Waals surface area (Å²) in [6.07, 6.45) is 9.80. The molecule has 3 aromatic heterocycles. The lowest BCUT2D eigenvalue weighted by molar-refractivity contribution is -0.132. The number of piperidine rings is 1. The smallest absolute Gasteiger partial charge is 0.274 e. The van der Waals surface area contributed by atoms with Crippen LogP contribution >= 0.6 is 0 Å². The monoisotopic (exact) mass is 701 g/mol. The van der Waals surface area contributed by atoms with Crippen molar-refractivity contribution in [2.24, 2.45) is 13.0 Å². The molecule has 0 spiro atoms. The maximum Gasteiger partial charge on any atom is 0.274 e. The molecule has 5 heterocycles. The molecule has 272 valence electrons. The van der Waals surface area contributed by atoms with E-state index in [2.05, 4.69) is 20.3 Å². The molecule has 15 nitrogen and oxygen atoms in total. The quantitative estimate of drug-likeness (QED) is 0.291. The minimum atomic E-state index is -0.273. The Kier molecular flexibility index (Phi) is 11.2. The largest absolute Gasteiger partial charge is 0.493 e. The van der Waals surface area contributed by atoms with Gasteiger partial charge in [0.25, 0.3) is 5.91 Å². The van der Waals surface area contributed by atoms with E-state index in [1.54, 1.807) is 59.1 Å². The highest BCUT2D eigenvalue weighted by Crippen LogP contribution is 2.44. The van der Waals surface area contributed by atoms with Crippen LogP contribution < -0.4 is 24.4 Å². The van der Waals surface area contributed by atoms with Crippen LogP contribution in [0.5, 0.6) is 17.2 Å². The Morgan fingerprint density at radius 3 is 2.57 bits per heavy atom. The van der Waals surface area contributed by atoms with E-state index < -0.39 is 0 Å². The summed E-state index contributed by atoms with van der Waals surface area (Å²) >= 11 is 0. The van der Waals surface area contributed by atoms with Gasteiger partial charge in [-0.2, -0.15) is 5.10 Å². The number of aromatic nitrogens is 5. The molecule has 1 N–H and O–H groups in total. The van der Waals surface area contributed by atoms with E-state index in [9.17, 15) is 14.4 Å². The first-order valence-electron chi connectivity index (χ1n) is 17.4. The predicted octanol–water partition coefficient (Wildman–Crippen LogP) is 2.88. The number of anilines is 1. The number of carbonyl (C=O) groups is 3. The Hall–Kier alpha value is -5.34. The maximum atomic E-state index is 14.2. The Labute approximate surface area is 297 Å². The van der Waals surface area contributed by atoms with Gasteiger partial charge in [0.2, 0.25) is 17.6 Å². The molecule has 0 radical (unpaired) electrons. The van der Waals surface area contributed by atoms with E-state index in [1.807, 2.05) is 31.4 Å². The molecule has 1 saturated heterocycles. The van der Waals surface area contributed by atoms with Crippen LogP contribution in [0.1, 0.15) is 48.2 Å². The second-order valence-corrected chi connectivity index (χ2v) is 13.1. The molecule has 0 saturated carbocycles. The van der Waals surface area contributed by atoms with Crippen LogP contribution in [-0.4, -0.2) is 112 Å². The van der Waals surface area contributed by atoms with Gasteiger partial charge in [-0.15, -0.1) is 0 Å². The van der Waals surface area contributed by atoms with Gasteiger partial charge >= 0.3 is 0 Å². The lowest BCUT2D eigenvalue weighted by Gasteiger charge is -2.35. The number of aryl methyl sites for hydroxylation is 2. The van der Waals surface area contributed by atoms with Gasteiger partial charge in [-0.25, -0.2) is 9.97 Å². The number of rotatable bonds is 8. The summed E-state index contributed by atoms with van der Waals surface area (Å²) in [7, 11) is 6.53. The van der Waals surface area contributed by atoms with Gasteiger partial charge in [-0.1, -0.05) is 0 Å². The second kappa shape index (κ2) is 16.1. The number of benzene rings is 1. The molecule has 1 atom stereocenters. The Morgan fingerprint density at radius 2 is 1.84 bits per heavy atom. The molecule has 51 heavy (non-hydrogen) atoms. The summed E-state index contributed by atoms with van der Waals surface area (Å²) in [5.41, 5.74) is 1.77. The summed E-state index contributed by atoms with van der Waals surface area (Å²) in [5.74, 6) is 1.91. The highest BCUT2D eigenvalue weighted by molar-refractivity contribution is 5.94. The van der Waals surface area contributed by atoms with Crippen molar-refractivity contribution in [2.75, 3.05) is 65.5 Å². The van der Waals surface area contributed by atoms with Crippen LogP contribution in [0.2, 0.25) is 0 Å². The third-order valence-corrected chi connectivity index (χ3v) is 9.60. The molecular weight excluding hydrogens is 654 g/mol. The fraction of sp³-hybridized carbons (Fsp3) is 0.500. The summed E-state index contributed by atoms with van der Waals surface area (Å²) in [5, 5.41) is 8.07. The van der Waals surface area contributed by atoms with Crippen molar-refractivity contribution in [1.29, 1.82) is 0 Å². The molecule has 0 aliphatic carbocycles. The number of imidazole rings is 1. The topological polar surface area (TPSA) is 149 Å². The minimum absolute atomic E-state index is 0.0784. The summed E-state index contributed by atoms with van der Waals surface area (Å²) in [6.45, 7) is 3.49. The number of amides is 3. The van der Waals surface area contributed by atoms with Crippen molar-refractivity contribution >= 4 is 34.4 Å². The van der Waals surface area contributed by atoms with Gasteiger partial charge in [0, 0.05) is 108 Å². The third kappa shape index (κ3) is 8.18. The Balaban J connectivity index is 1.40. The number of hydrogen-bond acceptors (Lipinski definition) is 10. The van der Waals surface area contributed by atoms with Crippen molar-refractivity contribution in [1.82, 2.24) is 39.4 Å². The standard InChI is InChI=1S/C36H47N9O6/c1-41-23-29(38-24-41)36(48)44-17-16-42(32(47)9-6-13-45-14-7-11-39-45)15-10-31(46)37-20-25-8-5-12-43(21-25)35-26(22-44)18-27-28(40-35)19-30(49-2)34(51-4)33(27)50-3/h7,11,14,18-19,23-25H,5-6,8-10,12-13,15-17,20-22H2,1-4H3,(H,37,46). The van der Waals surface area contributed by atoms with Gasteiger partial charge in [-0.3, -0.25) is 19.1 Å². The zero-order chi connectivity index (χ0) is 35.9. The van der Waals surface area contributed by atoms with E-state index in [-0.39, 0.29) is 62.7 Å². The lowest BCUT2D eigenvalue weighted by Crippen LogP contribution is -2.42. The summed E-state index contributed by atoms with van der Waals surface area (Å²) in [4.78, 5) is 56.2. The predicted molar refractivity (Wildman–Crippen MR) is 190 cm³/mol. The van der Waals surface area contributed by atoms with Crippen molar-refractivity contribution in [3.63, 3.8) is 0 Å². The van der Waals surface area contributed by atoms with E-state index >= 15 is 0 Å². The molecule has 1 aromatic carbocycles. The van der Waals surface area contributed by atoms with Crippen molar-refractivity contribution in [3.05, 3.63) is 54.4 Å². The average molecular weight is 702 g/mol. The van der Waals surface area contributed by atoms with Gasteiger partial charge in [0.15, 0.2) is 11.5 Å². The highest BCUT2D eigenvalue weighted by Gasteiger charge is 2.29. The molecule has 1 unspecified atom stereocenters. The second-order valence-electron chi connectivity index (χ2n) is 13.1. The number of nitrogens with zero attached hydrogens (tertiary/aromatic N) is 8. The van der Waals surface area contributed by atoms with Gasteiger partial charge in [0.1, 0.15) is 11.5 Å². The highest BCUT2D eigenvalue weighted by atomic mass is 16.5. The molecule has 6 rings (SSSR count). The molecular formula is C36H47N9O6. The number of fused-ring (bicyclic) bond motifs is 5. The fourth-order valence-electron chi connectivity index (χ4n) is 6.95. The van der Waals surface area contributed by atoms with Crippen molar-refractivity contribution in [2.45, 2.75) is 45.2 Å². The molecule has 2 aliphatic rings. The molecule has 4 aromatic rings. The van der Waals surface area contributed by atoms with Crippen molar-refractivity contribution < 1.29 is 28.6 Å². The molecule has 2 aliphatic heterocycles. The van der Waals surface area contributed by atoms with Crippen molar-refractivity contribution in [3.8, 4) is 17.2 Å². The van der Waals surface area contributed by atoms with Gasteiger partial charge in [-0.05, 0) is 37.3 Å². The van der Waals surface area contributed by atoms with Crippen LogP contribution in [0.4, 0.5) is 5.82 Å².